The quantitative estimate of drug-likeness (QED) is 0.517. The van der Waals surface area contributed by atoms with E-state index in [9.17, 15) is 9.59 Å². The van der Waals surface area contributed by atoms with Gasteiger partial charge < -0.3 is 10.4 Å². The number of hydrogen-bond donors (Lipinski definition) is 2. The van der Waals surface area contributed by atoms with Crippen molar-refractivity contribution in [3.8, 4) is 0 Å². The van der Waals surface area contributed by atoms with Crippen LogP contribution < -0.4 is 5.32 Å². The first-order chi connectivity index (χ1) is 10.9. The van der Waals surface area contributed by atoms with Gasteiger partial charge in [0.25, 0.3) is 5.91 Å². The lowest BCUT2D eigenvalue weighted by atomic mass is 10.2. The summed E-state index contributed by atoms with van der Waals surface area (Å²) >= 11 is 1.28. The number of nitrogens with one attached hydrogen (secondary N) is 1. The van der Waals surface area contributed by atoms with E-state index in [1.165, 1.54) is 11.3 Å². The van der Waals surface area contributed by atoms with Gasteiger partial charge in [-0.25, -0.2) is 0 Å². The van der Waals surface area contributed by atoms with Crippen LogP contribution in [0.25, 0.3) is 0 Å². The maximum Gasteiger partial charge on any atom is 0.265 e. The Bertz CT molecular complexity index is 544. The molecule has 130 valence electrons. The van der Waals surface area contributed by atoms with Crippen molar-refractivity contribution in [3.05, 3.63) is 15.8 Å². The van der Waals surface area contributed by atoms with Gasteiger partial charge >= 0.3 is 0 Å². The summed E-state index contributed by atoms with van der Waals surface area (Å²) in [5, 5.41) is 14.0. The van der Waals surface area contributed by atoms with E-state index in [2.05, 4.69) is 33.0 Å². The highest BCUT2D eigenvalue weighted by molar-refractivity contribution is 7.77. The molecule has 0 saturated carbocycles. The number of anilines is 1. The number of thiophene rings is 1. The minimum atomic E-state index is -1.33. The highest BCUT2D eigenvalue weighted by Gasteiger charge is 2.44. The molecule has 0 aliphatic carbocycles. The molecule has 1 aromatic heterocycles. The second kappa shape index (κ2) is 8.91. The van der Waals surface area contributed by atoms with Crippen molar-refractivity contribution in [3.63, 3.8) is 0 Å². The molecule has 0 radical (unpaired) electrons. The molecule has 0 aliphatic rings. The topological polar surface area (TPSA) is 66.4 Å². The molecule has 1 aromatic rings. The van der Waals surface area contributed by atoms with Gasteiger partial charge in [0.2, 0.25) is 0 Å². The van der Waals surface area contributed by atoms with Gasteiger partial charge in [-0.3, -0.25) is 9.59 Å². The van der Waals surface area contributed by atoms with Crippen LogP contribution in [0.3, 0.4) is 0 Å². The summed E-state index contributed by atoms with van der Waals surface area (Å²) in [5.74, 6) is -0.311. The van der Waals surface area contributed by atoms with Gasteiger partial charge in [-0.05, 0) is 45.1 Å². The number of carbonyl (C=O) groups excluding carboxylic acids is 2. The van der Waals surface area contributed by atoms with Crippen molar-refractivity contribution < 1.29 is 14.7 Å². The van der Waals surface area contributed by atoms with Gasteiger partial charge in [0.1, 0.15) is 12.3 Å². The molecule has 6 heteroatoms. The lowest BCUT2D eigenvalue weighted by Crippen LogP contribution is -2.33. The van der Waals surface area contributed by atoms with Gasteiger partial charge in [-0.15, -0.1) is 11.3 Å². The Hall–Kier alpha value is -0.770. The van der Waals surface area contributed by atoms with Crippen LogP contribution in [0.5, 0.6) is 0 Å². The van der Waals surface area contributed by atoms with Crippen LogP contribution in [0.15, 0.2) is 5.38 Å². The van der Waals surface area contributed by atoms with Gasteiger partial charge in [-0.2, -0.15) is 0 Å². The largest absolute Gasteiger partial charge is 0.388 e. The Kier molecular flexibility index (Phi) is 7.85. The van der Waals surface area contributed by atoms with Crippen molar-refractivity contribution in [2.45, 2.75) is 46.7 Å². The molecule has 1 amide bonds. The third kappa shape index (κ3) is 4.20. The monoisotopic (exact) mass is 358 g/mol. The number of aryl methyl sites for hydroxylation is 1. The van der Waals surface area contributed by atoms with E-state index in [4.69, 9.17) is 5.11 Å². The molecule has 0 fully saturated rings. The van der Waals surface area contributed by atoms with Gasteiger partial charge in [0.15, 0.2) is 5.78 Å². The third-order valence-electron chi connectivity index (χ3n) is 4.86. The molecule has 1 unspecified atom stereocenters. The van der Waals surface area contributed by atoms with E-state index in [-0.39, 0.29) is 17.3 Å². The fourth-order valence-electron chi connectivity index (χ4n) is 3.24. The average Bonchev–Trinajstić information content (AvgIpc) is 2.92. The van der Waals surface area contributed by atoms with E-state index >= 15 is 0 Å². The van der Waals surface area contributed by atoms with Crippen LogP contribution in [0.1, 0.15) is 49.4 Å². The van der Waals surface area contributed by atoms with Crippen molar-refractivity contribution in [1.82, 2.24) is 0 Å². The lowest BCUT2D eigenvalue weighted by molar-refractivity contribution is -0.115. The second-order valence-corrected chi connectivity index (χ2v) is 11.6. The maximum absolute atomic E-state index is 12.9. The number of aliphatic hydroxyl groups is 1. The highest BCUT2D eigenvalue weighted by atomic mass is 32.1. The van der Waals surface area contributed by atoms with Crippen LogP contribution >= 0.6 is 18.6 Å². The van der Waals surface area contributed by atoms with Crippen molar-refractivity contribution in [2.75, 3.05) is 30.4 Å². The molecular formula is C17H29NO3PS+. The van der Waals surface area contributed by atoms with Crippen LogP contribution in [0, 0.1) is 6.92 Å². The zero-order valence-electron chi connectivity index (χ0n) is 14.8. The highest BCUT2D eigenvalue weighted by Crippen LogP contribution is 2.63. The number of rotatable bonds is 9. The van der Waals surface area contributed by atoms with Crippen LogP contribution in [-0.4, -0.2) is 47.5 Å². The van der Waals surface area contributed by atoms with Crippen molar-refractivity contribution in [2.24, 2.45) is 0 Å². The minimum absolute atomic E-state index is 0.0267. The summed E-state index contributed by atoms with van der Waals surface area (Å²) in [4.78, 5) is 25.2. The summed E-state index contributed by atoms with van der Waals surface area (Å²) in [6.45, 7) is 9.98. The molecule has 0 bridgehead atoms. The third-order valence-corrected chi connectivity index (χ3v) is 11.7. The smallest absolute Gasteiger partial charge is 0.265 e. The molecule has 0 spiro atoms. The summed E-state index contributed by atoms with van der Waals surface area (Å²) in [7, 11) is -1.33. The predicted molar refractivity (Wildman–Crippen MR) is 102 cm³/mol. The van der Waals surface area contributed by atoms with Crippen molar-refractivity contribution in [1.29, 1.82) is 0 Å². The zero-order valence-corrected chi connectivity index (χ0v) is 16.5. The summed E-state index contributed by atoms with van der Waals surface area (Å²) in [6.07, 6.45) is 4.02. The molecule has 1 heterocycles. The molecule has 0 aromatic carbocycles. The molecule has 4 nitrogen and oxygen atoms in total. The fourth-order valence-corrected chi connectivity index (χ4v) is 8.18. The Morgan fingerprint density at radius 3 is 2.22 bits per heavy atom. The number of amides is 1. The average molecular weight is 358 g/mol. The Morgan fingerprint density at radius 1 is 1.22 bits per heavy atom. The fraction of sp³-hybridized carbons (Fsp3) is 0.647. The number of hydrogen-bond acceptors (Lipinski definition) is 4. The normalized spacial score (nSPS) is 13.0. The number of ketones is 1. The molecule has 2 N–H and O–H groups in total. The number of carbonyl (C=O) groups is 2. The summed E-state index contributed by atoms with van der Waals surface area (Å²) in [5.41, 5.74) is 1.49. The number of aliphatic hydroxyl groups excluding tert-OH is 1. The van der Waals surface area contributed by atoms with Gasteiger partial charge in [-0.1, -0.05) is 6.92 Å². The van der Waals surface area contributed by atoms with E-state index in [1.54, 1.807) is 0 Å². The van der Waals surface area contributed by atoms with E-state index < -0.39 is 13.9 Å². The van der Waals surface area contributed by atoms with Crippen molar-refractivity contribution >= 4 is 36.0 Å². The molecule has 1 rings (SSSR count). The maximum atomic E-state index is 12.9. The van der Waals surface area contributed by atoms with Crippen LogP contribution in [0.2, 0.25) is 0 Å². The molecule has 23 heavy (non-hydrogen) atoms. The second-order valence-electron chi connectivity index (χ2n) is 5.78. The first-order valence-corrected chi connectivity index (χ1v) is 11.6. The first kappa shape index (κ1) is 20.3. The Labute approximate surface area is 144 Å². The minimum Gasteiger partial charge on any atom is -0.388 e. The van der Waals surface area contributed by atoms with E-state index in [0.717, 1.165) is 30.5 Å². The van der Waals surface area contributed by atoms with Gasteiger partial charge in [0.05, 0.1) is 29.1 Å². The van der Waals surface area contributed by atoms with E-state index in [1.807, 2.05) is 12.3 Å². The summed E-state index contributed by atoms with van der Waals surface area (Å²) < 4.78 is 0. The van der Waals surface area contributed by atoms with E-state index in [0.29, 0.717) is 10.6 Å². The summed E-state index contributed by atoms with van der Waals surface area (Å²) in [6, 6.07) is 0. The molecule has 1 atom stereocenters. The molecule has 0 aliphatic heterocycles. The van der Waals surface area contributed by atoms with Crippen LogP contribution in [0.4, 0.5) is 5.69 Å². The standard InChI is InChI=1S/C17H28NO3PS/c1-6-14(22(7-2,8-3)9-4)17(21)18-15-12(5)11-23-16(15)13(20)10-19/h11,14,19H,6-10H2,1-5H3/p+1. The zero-order chi connectivity index (χ0) is 17.6. The Morgan fingerprint density at radius 2 is 1.78 bits per heavy atom. The number of Topliss-reactive ketones (excluding diaryl/α,β-unsaturated/α-hetero) is 1. The molecular weight excluding hydrogens is 329 g/mol. The Balaban J connectivity index is 3.11. The van der Waals surface area contributed by atoms with Gasteiger partial charge in [0, 0.05) is 7.26 Å². The molecule has 0 saturated heterocycles. The predicted octanol–water partition coefficient (Wildman–Crippen LogP) is 4.03. The lowest BCUT2D eigenvalue weighted by Gasteiger charge is -2.31. The SMILES string of the molecule is CCC(C(=O)Nc1c(C)csc1C(=O)CO)[P+](CC)(CC)CC. The first-order valence-electron chi connectivity index (χ1n) is 8.29. The van der Waals surface area contributed by atoms with Crippen LogP contribution in [-0.2, 0) is 4.79 Å².